The molecule has 0 unspecified atom stereocenters. The van der Waals surface area contributed by atoms with Crippen LogP contribution < -0.4 is 15.1 Å². The van der Waals surface area contributed by atoms with Crippen LogP contribution in [0.1, 0.15) is 12.0 Å². The number of fused-ring (bicyclic) bond motifs is 4. The maximum Gasteiger partial charge on any atom is 0.327 e. The third-order valence-electron chi connectivity index (χ3n) is 6.46. The number of hydrogen-bond donors (Lipinski definition) is 1. The van der Waals surface area contributed by atoms with Crippen molar-refractivity contribution in [3.63, 3.8) is 0 Å². The third kappa shape index (κ3) is 3.93. The van der Waals surface area contributed by atoms with Crippen molar-refractivity contribution in [3.05, 3.63) is 78.8 Å². The van der Waals surface area contributed by atoms with Gasteiger partial charge in [-0.15, -0.1) is 0 Å². The van der Waals surface area contributed by atoms with E-state index in [-0.39, 0.29) is 12.1 Å². The largest absolute Gasteiger partial charge is 0.444 e. The molecule has 2 aromatic carbocycles. The number of nitrogens with one attached hydrogen (secondary N) is 1. The summed E-state index contributed by atoms with van der Waals surface area (Å²) >= 11 is 0. The van der Waals surface area contributed by atoms with Crippen LogP contribution in [-0.2, 0) is 0 Å². The van der Waals surface area contributed by atoms with Gasteiger partial charge in [-0.2, -0.15) is 0 Å². The number of rotatable bonds is 4. The molecule has 8 nitrogen and oxygen atoms in total. The Hall–Kier alpha value is -4.46. The summed E-state index contributed by atoms with van der Waals surface area (Å²) in [7, 11) is 1.76. The van der Waals surface area contributed by atoms with Crippen molar-refractivity contribution in [1.29, 1.82) is 0 Å². The van der Waals surface area contributed by atoms with Crippen molar-refractivity contribution < 1.29 is 9.21 Å². The molecule has 0 saturated carbocycles. The van der Waals surface area contributed by atoms with Crippen molar-refractivity contribution in [2.24, 2.45) is 4.99 Å². The normalized spacial score (nSPS) is 16.5. The highest BCUT2D eigenvalue weighted by atomic mass is 16.3. The molecule has 2 aliphatic heterocycles. The van der Waals surface area contributed by atoms with Gasteiger partial charge < -0.3 is 14.6 Å². The summed E-state index contributed by atoms with van der Waals surface area (Å²) in [5, 5.41) is 3.07. The van der Waals surface area contributed by atoms with Crippen LogP contribution in [0.4, 0.5) is 22.0 Å². The molecule has 1 N–H and O–H groups in total. The number of carbonyl (C=O) groups is 1. The van der Waals surface area contributed by atoms with E-state index in [0.29, 0.717) is 17.3 Å². The van der Waals surface area contributed by atoms with Gasteiger partial charge in [-0.1, -0.05) is 30.3 Å². The molecule has 0 spiro atoms. The van der Waals surface area contributed by atoms with Crippen LogP contribution >= 0.6 is 0 Å². The van der Waals surface area contributed by atoms with Crippen molar-refractivity contribution >= 4 is 29.4 Å². The molecular formula is C27H24N6O2. The number of aliphatic imine (C=N–C) groups is 1. The Balaban J connectivity index is 1.34. The number of amides is 2. The van der Waals surface area contributed by atoms with E-state index in [2.05, 4.69) is 32.3 Å². The molecular weight excluding hydrogens is 440 g/mol. The van der Waals surface area contributed by atoms with Crippen LogP contribution in [0.15, 0.2) is 82.7 Å². The molecule has 6 rings (SSSR count). The highest BCUT2D eigenvalue weighted by Crippen LogP contribution is 2.40. The zero-order valence-electron chi connectivity index (χ0n) is 19.3. The fourth-order valence-electron chi connectivity index (χ4n) is 4.85. The van der Waals surface area contributed by atoms with Crippen molar-refractivity contribution in [2.75, 3.05) is 35.3 Å². The molecule has 0 radical (unpaired) electrons. The SMILES string of the molecule is C/N=C/c1cccc(-c2ccc3c(n2)N(C(=O)Nc2cccc(-c4cnco4)c2)[C@H]2CCN3C2)c1. The Kier molecular flexibility index (Phi) is 5.25. The van der Waals surface area contributed by atoms with Crippen molar-refractivity contribution in [2.45, 2.75) is 12.5 Å². The molecule has 2 amide bonds. The van der Waals surface area contributed by atoms with Crippen molar-refractivity contribution in [1.82, 2.24) is 9.97 Å². The summed E-state index contributed by atoms with van der Waals surface area (Å²) in [6.07, 6.45) is 5.77. The molecule has 174 valence electrons. The van der Waals surface area contributed by atoms with Crippen LogP contribution in [0.2, 0.25) is 0 Å². The van der Waals surface area contributed by atoms with Gasteiger partial charge in [-0.25, -0.2) is 14.8 Å². The highest BCUT2D eigenvalue weighted by Gasteiger charge is 2.40. The average Bonchev–Trinajstić information content (AvgIpc) is 3.56. The number of nitrogens with zero attached hydrogens (tertiary/aromatic N) is 5. The number of carbonyl (C=O) groups excluding carboxylic acids is 1. The monoisotopic (exact) mass is 464 g/mol. The molecule has 0 aliphatic carbocycles. The minimum absolute atomic E-state index is 0.0706. The standard InChI is InChI=1S/C27H24N6O2/c1-28-14-18-4-2-5-19(12-18)23-8-9-24-26(31-23)33(22-10-11-32(24)16-22)27(34)30-21-7-3-6-20(13-21)25-15-29-17-35-25/h2-9,12-15,17,22H,10-11,16H2,1H3,(H,30,34)/b28-14+/t22-/m0/s1. The second-order valence-corrected chi connectivity index (χ2v) is 8.69. The number of aromatic nitrogens is 2. The van der Waals surface area contributed by atoms with Gasteiger partial charge in [0.25, 0.3) is 0 Å². The lowest BCUT2D eigenvalue weighted by atomic mass is 10.1. The van der Waals surface area contributed by atoms with Gasteiger partial charge in [0.15, 0.2) is 18.0 Å². The zero-order chi connectivity index (χ0) is 23.8. The molecule has 4 heterocycles. The maximum atomic E-state index is 13.6. The molecule has 1 fully saturated rings. The number of pyridine rings is 1. The third-order valence-corrected chi connectivity index (χ3v) is 6.46. The summed E-state index contributed by atoms with van der Waals surface area (Å²) in [5.74, 6) is 1.34. The van der Waals surface area contributed by atoms with Gasteiger partial charge in [-0.05, 0) is 42.3 Å². The molecule has 4 aromatic rings. The number of benzene rings is 2. The number of hydrogen-bond acceptors (Lipinski definition) is 6. The summed E-state index contributed by atoms with van der Waals surface area (Å²) in [5.41, 5.74) is 5.34. The van der Waals surface area contributed by atoms with E-state index < -0.39 is 0 Å². The lowest BCUT2D eigenvalue weighted by Gasteiger charge is -2.36. The summed E-state index contributed by atoms with van der Waals surface area (Å²) in [6, 6.07) is 19.6. The molecule has 2 aromatic heterocycles. The molecule has 2 bridgehead atoms. The zero-order valence-corrected chi connectivity index (χ0v) is 19.3. The van der Waals surface area contributed by atoms with E-state index in [1.807, 2.05) is 59.6 Å². The number of anilines is 3. The molecule has 1 atom stereocenters. The predicted molar refractivity (Wildman–Crippen MR) is 137 cm³/mol. The van der Waals surface area contributed by atoms with E-state index in [0.717, 1.165) is 47.6 Å². The Morgan fingerprint density at radius 3 is 2.89 bits per heavy atom. The van der Waals surface area contributed by atoms with E-state index in [1.165, 1.54) is 6.39 Å². The van der Waals surface area contributed by atoms with Gasteiger partial charge in [-0.3, -0.25) is 9.89 Å². The van der Waals surface area contributed by atoms with Crippen LogP contribution in [0, 0.1) is 0 Å². The lowest BCUT2D eigenvalue weighted by molar-refractivity contribution is 0.255. The smallest absolute Gasteiger partial charge is 0.327 e. The van der Waals surface area contributed by atoms with E-state index >= 15 is 0 Å². The summed E-state index contributed by atoms with van der Waals surface area (Å²) < 4.78 is 5.40. The predicted octanol–water partition coefficient (Wildman–Crippen LogP) is 5.08. The first-order chi connectivity index (χ1) is 17.2. The van der Waals surface area contributed by atoms with E-state index in [1.54, 1.807) is 13.2 Å². The Labute approximate surface area is 203 Å². The lowest BCUT2D eigenvalue weighted by Crippen LogP contribution is -2.48. The van der Waals surface area contributed by atoms with Gasteiger partial charge in [0.1, 0.15) is 0 Å². The quantitative estimate of drug-likeness (QED) is 0.426. The maximum absolute atomic E-state index is 13.6. The van der Waals surface area contributed by atoms with Crippen LogP contribution in [0.3, 0.4) is 0 Å². The van der Waals surface area contributed by atoms with E-state index in [9.17, 15) is 4.79 Å². The van der Waals surface area contributed by atoms with Crippen LogP contribution in [-0.4, -0.2) is 48.4 Å². The highest BCUT2D eigenvalue weighted by molar-refractivity contribution is 6.05. The average molecular weight is 465 g/mol. The first-order valence-electron chi connectivity index (χ1n) is 11.6. The number of oxazole rings is 1. The Morgan fingerprint density at radius 1 is 1.14 bits per heavy atom. The molecule has 2 aliphatic rings. The minimum atomic E-state index is -0.191. The molecule has 1 saturated heterocycles. The van der Waals surface area contributed by atoms with Gasteiger partial charge in [0, 0.05) is 43.2 Å². The topological polar surface area (TPSA) is 86.9 Å². The first kappa shape index (κ1) is 21.1. The van der Waals surface area contributed by atoms with Crippen LogP contribution in [0.25, 0.3) is 22.6 Å². The second-order valence-electron chi connectivity index (χ2n) is 8.69. The number of urea groups is 1. The second kappa shape index (κ2) is 8.72. The summed E-state index contributed by atoms with van der Waals surface area (Å²) in [6.45, 7) is 1.72. The molecule has 8 heteroatoms. The van der Waals surface area contributed by atoms with Crippen molar-refractivity contribution in [3.8, 4) is 22.6 Å². The van der Waals surface area contributed by atoms with Gasteiger partial charge >= 0.3 is 6.03 Å². The fourth-order valence-corrected chi connectivity index (χ4v) is 4.85. The van der Waals surface area contributed by atoms with Gasteiger partial charge in [0.2, 0.25) is 0 Å². The summed E-state index contributed by atoms with van der Waals surface area (Å²) in [4.78, 5) is 30.8. The van der Waals surface area contributed by atoms with Gasteiger partial charge in [0.05, 0.1) is 23.6 Å². The minimum Gasteiger partial charge on any atom is -0.444 e. The Bertz CT molecular complexity index is 1410. The Morgan fingerprint density at radius 2 is 2.03 bits per heavy atom. The fraction of sp³-hybridized carbons (Fsp3) is 0.185. The van der Waals surface area contributed by atoms with E-state index in [4.69, 9.17) is 9.40 Å². The van der Waals surface area contributed by atoms with Crippen LogP contribution in [0.5, 0.6) is 0 Å². The molecule has 35 heavy (non-hydrogen) atoms. The first-order valence-corrected chi connectivity index (χ1v) is 11.6.